The molecule has 1 aromatic carbocycles. The van der Waals surface area contributed by atoms with Crippen LogP contribution in [0.2, 0.25) is 0 Å². The highest BCUT2D eigenvalue weighted by molar-refractivity contribution is 5.95. The molecule has 0 spiro atoms. The molecule has 1 aliphatic rings. The molecule has 3 rings (SSSR count). The summed E-state index contributed by atoms with van der Waals surface area (Å²) in [4.78, 5) is 17.4. The maximum atomic E-state index is 12.6. The van der Waals surface area contributed by atoms with E-state index in [9.17, 15) is 4.79 Å². The van der Waals surface area contributed by atoms with E-state index in [4.69, 9.17) is 4.99 Å². The molecule has 0 N–H and O–H groups in total. The average molecular weight is 280 g/mol. The van der Waals surface area contributed by atoms with Crippen molar-refractivity contribution >= 4 is 5.91 Å². The molecule has 3 nitrogen and oxygen atoms in total. The number of aromatic nitrogens is 1. The number of nitrogens with zero attached hydrogens (tertiary/aromatic N) is 2. The van der Waals surface area contributed by atoms with Gasteiger partial charge in [0.1, 0.15) is 5.49 Å². The second kappa shape index (κ2) is 6.53. The highest BCUT2D eigenvalue weighted by Gasteiger charge is 2.13. The lowest BCUT2D eigenvalue weighted by atomic mass is 9.96. The summed E-state index contributed by atoms with van der Waals surface area (Å²) in [6, 6.07) is 15.5. The van der Waals surface area contributed by atoms with E-state index in [0.717, 1.165) is 18.3 Å². The summed E-state index contributed by atoms with van der Waals surface area (Å²) < 4.78 is 1.66. The minimum absolute atomic E-state index is 0.0224. The van der Waals surface area contributed by atoms with Crippen LogP contribution >= 0.6 is 0 Å². The van der Waals surface area contributed by atoms with E-state index in [1.54, 1.807) is 10.8 Å². The number of carbonyl (C=O) groups excluding carboxylic acids is 1. The molecular formula is C18H20N2O. The highest BCUT2D eigenvalue weighted by atomic mass is 16.2. The van der Waals surface area contributed by atoms with Gasteiger partial charge in [0.15, 0.2) is 0 Å². The predicted octanol–water partition coefficient (Wildman–Crippen LogP) is 3.41. The fraction of sp³-hybridized carbons (Fsp3) is 0.333. The van der Waals surface area contributed by atoms with E-state index in [1.807, 2.05) is 48.5 Å². The maximum absolute atomic E-state index is 12.6. The summed E-state index contributed by atoms with van der Waals surface area (Å²) >= 11 is 0. The Hall–Kier alpha value is -2.16. The second-order valence-corrected chi connectivity index (χ2v) is 5.52. The first kappa shape index (κ1) is 13.8. The molecule has 0 amide bonds. The topological polar surface area (TPSA) is 34.4 Å². The summed E-state index contributed by atoms with van der Waals surface area (Å²) in [5, 5.41) is 0. The lowest BCUT2D eigenvalue weighted by Gasteiger charge is -2.17. The Morgan fingerprint density at radius 1 is 0.952 bits per heavy atom. The Morgan fingerprint density at radius 2 is 1.67 bits per heavy atom. The van der Waals surface area contributed by atoms with Crippen molar-refractivity contribution in [1.82, 2.24) is 4.57 Å². The predicted molar refractivity (Wildman–Crippen MR) is 83.0 cm³/mol. The third-order valence-electron chi connectivity index (χ3n) is 3.97. The van der Waals surface area contributed by atoms with Gasteiger partial charge in [-0.05, 0) is 37.1 Å². The molecule has 1 fully saturated rings. The van der Waals surface area contributed by atoms with Crippen molar-refractivity contribution in [3.05, 3.63) is 65.8 Å². The van der Waals surface area contributed by atoms with Gasteiger partial charge in [-0.3, -0.25) is 14.4 Å². The van der Waals surface area contributed by atoms with E-state index in [1.165, 1.54) is 19.3 Å². The number of benzene rings is 1. The Bertz CT molecular complexity index is 667. The summed E-state index contributed by atoms with van der Waals surface area (Å²) in [5.41, 5.74) is 1.45. The van der Waals surface area contributed by atoms with Gasteiger partial charge in [0.2, 0.25) is 0 Å². The van der Waals surface area contributed by atoms with Gasteiger partial charge in [0, 0.05) is 11.8 Å². The van der Waals surface area contributed by atoms with Crippen LogP contribution in [0.5, 0.6) is 0 Å². The largest absolute Gasteiger partial charge is 0.268 e. The molecule has 0 saturated heterocycles. The quantitative estimate of drug-likeness (QED) is 0.830. The van der Waals surface area contributed by atoms with E-state index in [-0.39, 0.29) is 5.91 Å². The summed E-state index contributed by atoms with van der Waals surface area (Å²) in [5.74, 6) is -0.0224. The van der Waals surface area contributed by atoms with Crippen molar-refractivity contribution in [2.75, 3.05) is 0 Å². The molecule has 0 unspecified atom stereocenters. The fourth-order valence-corrected chi connectivity index (χ4v) is 2.83. The smallest absolute Gasteiger partial charge is 0.263 e. The Balaban J connectivity index is 1.96. The molecular weight excluding hydrogens is 260 g/mol. The van der Waals surface area contributed by atoms with Gasteiger partial charge < -0.3 is 0 Å². The number of carbonyl (C=O) groups is 1. The van der Waals surface area contributed by atoms with Crippen LogP contribution < -0.4 is 5.49 Å². The van der Waals surface area contributed by atoms with E-state index < -0.39 is 0 Å². The standard InChI is InChI=1S/C18H20N2O/c21-18(15-9-3-1-4-10-15)20-14-8-7-13-17(20)19-16-11-5-2-6-12-16/h1,3-4,7-10,13-14,16H,2,5-6,11-12H2. The summed E-state index contributed by atoms with van der Waals surface area (Å²) in [7, 11) is 0. The fourth-order valence-electron chi connectivity index (χ4n) is 2.83. The van der Waals surface area contributed by atoms with Crippen molar-refractivity contribution in [2.45, 2.75) is 38.1 Å². The van der Waals surface area contributed by atoms with Crippen LogP contribution in [-0.2, 0) is 0 Å². The van der Waals surface area contributed by atoms with E-state index >= 15 is 0 Å². The zero-order valence-electron chi connectivity index (χ0n) is 12.1. The number of hydrogen-bond donors (Lipinski definition) is 0. The zero-order chi connectivity index (χ0) is 14.5. The van der Waals surface area contributed by atoms with Gasteiger partial charge >= 0.3 is 0 Å². The van der Waals surface area contributed by atoms with E-state index in [0.29, 0.717) is 11.6 Å². The highest BCUT2D eigenvalue weighted by Crippen LogP contribution is 2.19. The Kier molecular flexibility index (Phi) is 4.29. The number of pyridine rings is 1. The SMILES string of the molecule is O=C(c1ccccc1)n1ccccc1=NC1CCCCC1. The Morgan fingerprint density at radius 3 is 2.43 bits per heavy atom. The minimum Gasteiger partial charge on any atom is -0.268 e. The van der Waals surface area contributed by atoms with Crippen molar-refractivity contribution in [2.24, 2.45) is 4.99 Å². The molecule has 0 atom stereocenters. The molecule has 2 aromatic rings. The van der Waals surface area contributed by atoms with Crippen LogP contribution in [0.1, 0.15) is 42.5 Å². The van der Waals surface area contributed by atoms with Gasteiger partial charge in [-0.1, -0.05) is 43.5 Å². The maximum Gasteiger partial charge on any atom is 0.263 e. The van der Waals surface area contributed by atoms with E-state index in [2.05, 4.69) is 0 Å². The zero-order valence-corrected chi connectivity index (χ0v) is 12.1. The van der Waals surface area contributed by atoms with Crippen LogP contribution in [0.15, 0.2) is 59.7 Å². The van der Waals surface area contributed by atoms with Crippen LogP contribution in [0, 0.1) is 0 Å². The molecule has 1 aliphatic carbocycles. The normalized spacial score (nSPS) is 16.9. The lowest BCUT2D eigenvalue weighted by Crippen LogP contribution is -2.29. The van der Waals surface area contributed by atoms with Crippen LogP contribution in [0.25, 0.3) is 0 Å². The van der Waals surface area contributed by atoms with Gasteiger partial charge in [0.25, 0.3) is 5.91 Å². The molecule has 0 aliphatic heterocycles. The molecule has 0 bridgehead atoms. The van der Waals surface area contributed by atoms with Crippen molar-refractivity contribution in [3.63, 3.8) is 0 Å². The first-order valence-electron chi connectivity index (χ1n) is 7.66. The van der Waals surface area contributed by atoms with Crippen LogP contribution in [0.3, 0.4) is 0 Å². The van der Waals surface area contributed by atoms with Gasteiger partial charge in [-0.2, -0.15) is 0 Å². The van der Waals surface area contributed by atoms with Gasteiger partial charge in [-0.15, -0.1) is 0 Å². The third kappa shape index (κ3) is 3.30. The van der Waals surface area contributed by atoms with Crippen LogP contribution in [-0.4, -0.2) is 16.5 Å². The first-order chi connectivity index (χ1) is 10.3. The second-order valence-electron chi connectivity index (χ2n) is 5.52. The number of rotatable bonds is 2. The molecule has 1 aromatic heterocycles. The molecule has 1 saturated carbocycles. The summed E-state index contributed by atoms with van der Waals surface area (Å²) in [6.45, 7) is 0. The van der Waals surface area contributed by atoms with Gasteiger partial charge in [-0.25, -0.2) is 0 Å². The summed E-state index contributed by atoms with van der Waals surface area (Å²) in [6.07, 6.45) is 7.87. The number of hydrogen-bond acceptors (Lipinski definition) is 2. The third-order valence-corrected chi connectivity index (χ3v) is 3.97. The van der Waals surface area contributed by atoms with Crippen molar-refractivity contribution in [1.29, 1.82) is 0 Å². The molecule has 1 heterocycles. The van der Waals surface area contributed by atoms with Crippen molar-refractivity contribution < 1.29 is 4.79 Å². The minimum atomic E-state index is -0.0224. The van der Waals surface area contributed by atoms with Crippen molar-refractivity contribution in [3.8, 4) is 0 Å². The van der Waals surface area contributed by atoms with Gasteiger partial charge in [0.05, 0.1) is 6.04 Å². The van der Waals surface area contributed by atoms with Crippen LogP contribution in [0.4, 0.5) is 0 Å². The molecule has 0 radical (unpaired) electrons. The lowest BCUT2D eigenvalue weighted by molar-refractivity contribution is 0.0954. The first-order valence-corrected chi connectivity index (χ1v) is 7.66. The molecule has 21 heavy (non-hydrogen) atoms. The monoisotopic (exact) mass is 280 g/mol. The Labute approximate surface area is 125 Å². The molecule has 3 heteroatoms. The molecule has 108 valence electrons. The average Bonchev–Trinajstić information content (AvgIpc) is 2.56.